The lowest BCUT2D eigenvalue weighted by Gasteiger charge is -2.39. The molecule has 1 aliphatic carbocycles. The summed E-state index contributed by atoms with van der Waals surface area (Å²) in [4.78, 5) is 36.6. The van der Waals surface area contributed by atoms with E-state index < -0.39 is 37.9 Å². The van der Waals surface area contributed by atoms with Crippen LogP contribution in [0.4, 0.5) is 25.8 Å². The van der Waals surface area contributed by atoms with Crippen molar-refractivity contribution in [1.29, 1.82) is 0 Å². The number of pyridine rings is 1. The molecule has 15 nitrogen and oxygen atoms in total. The van der Waals surface area contributed by atoms with Crippen molar-refractivity contribution in [2.75, 3.05) is 69.3 Å². The van der Waals surface area contributed by atoms with Gasteiger partial charge in [0.05, 0.1) is 47.5 Å². The molecule has 18 heteroatoms. The molecule has 2 aliphatic heterocycles. The minimum absolute atomic E-state index is 0.0271. The van der Waals surface area contributed by atoms with Gasteiger partial charge in [-0.3, -0.25) is 19.8 Å². The first kappa shape index (κ1) is 43.7. The number of nitro groups is 1. The lowest BCUT2D eigenvalue weighted by atomic mass is 9.73. The van der Waals surface area contributed by atoms with E-state index in [-0.39, 0.29) is 47.1 Å². The number of allylic oxidation sites excluding steroid dienone is 2. The second-order valence-corrected chi connectivity index (χ2v) is 18.1. The monoisotopic (exact) mass is 863 g/mol. The molecule has 1 atom stereocenters. The fourth-order valence-corrected chi connectivity index (χ4v) is 8.93. The number of nitrogens with zero attached hydrogens (tertiary/aromatic N) is 4. The third-order valence-electron chi connectivity index (χ3n) is 11.4. The number of rotatable bonds is 16. The maximum absolute atomic E-state index is 13.9. The van der Waals surface area contributed by atoms with Crippen LogP contribution in [0.3, 0.4) is 0 Å². The number of fused-ring (bicyclic) bond motifs is 1. The average molecular weight is 864 g/mol. The van der Waals surface area contributed by atoms with E-state index in [0.717, 1.165) is 56.0 Å². The first-order valence-corrected chi connectivity index (χ1v) is 21.8. The number of sulfonamides is 1. The lowest BCUT2D eigenvalue weighted by molar-refractivity contribution is -0.384. The average Bonchev–Trinajstić information content (AvgIpc) is 3.71. The highest BCUT2D eigenvalue weighted by Crippen LogP contribution is 2.41. The molecule has 61 heavy (non-hydrogen) atoms. The molecule has 326 valence electrons. The van der Waals surface area contributed by atoms with E-state index in [9.17, 15) is 32.1 Å². The number of hydrogen-bond acceptors (Lipinski definition) is 12. The SMILES string of the molecule is C=C(CCC1=C(CN2CCN(c3ccc(C(=O)NS(=O)(=O)c4ccc(NC[C@H]5COCCO5)c([N+](=O)[O-])c4)c(Oc4cnc5[nH]ccc5c4)c3)CC2)CCC(C)(C)C1)C(F)F. The number of anilines is 2. The predicted octanol–water partition coefficient (Wildman–Crippen LogP) is 7.44. The molecule has 4 aromatic rings. The van der Waals surface area contributed by atoms with Crippen LogP contribution in [0, 0.1) is 15.5 Å². The summed E-state index contributed by atoms with van der Waals surface area (Å²) in [6, 6.07) is 11.8. The standard InChI is InChI=1S/C43H51F2N7O8S/c1-28(40(44)45)4-5-30-23-43(2,3)12-10-31(30)26-50-14-16-51(17-15-50)32-6-8-36(39(21-32)60-33-20-29-11-13-46-41(29)48-24-33)42(53)49-61(56,57)35-7-9-37(38(22-35)52(54)55)47-25-34-27-58-18-19-59-34/h6-9,11,13,20-22,24,34,40,47H,1,4-5,10,12,14-19,23,25-27H2,2-3H3,(H,46,48)(H,49,53)/t34-/m0/s1. The quantitative estimate of drug-likeness (QED) is 0.0577. The van der Waals surface area contributed by atoms with Crippen LogP contribution in [0.15, 0.2) is 89.1 Å². The minimum atomic E-state index is -4.60. The number of amides is 1. The normalized spacial score (nSPS) is 18.6. The Balaban J connectivity index is 1.08. The van der Waals surface area contributed by atoms with Crippen molar-refractivity contribution in [2.45, 2.75) is 63.4 Å². The summed E-state index contributed by atoms with van der Waals surface area (Å²) in [5.74, 6) is -0.612. The first-order valence-electron chi connectivity index (χ1n) is 20.3. The largest absolute Gasteiger partial charge is 0.455 e. The Morgan fingerprint density at radius 2 is 1.92 bits per heavy atom. The molecule has 2 saturated heterocycles. The van der Waals surface area contributed by atoms with Gasteiger partial charge in [-0.2, -0.15) is 0 Å². The summed E-state index contributed by atoms with van der Waals surface area (Å²) in [7, 11) is -4.60. The molecule has 1 amide bonds. The molecule has 0 saturated carbocycles. The molecule has 2 aromatic carbocycles. The Bertz CT molecular complexity index is 2410. The summed E-state index contributed by atoms with van der Waals surface area (Å²) < 4.78 is 73.0. The van der Waals surface area contributed by atoms with Crippen LogP contribution in [0.5, 0.6) is 11.5 Å². The zero-order valence-corrected chi connectivity index (χ0v) is 35.1. The van der Waals surface area contributed by atoms with Crippen LogP contribution in [-0.2, 0) is 19.5 Å². The lowest BCUT2D eigenvalue weighted by Crippen LogP contribution is -2.47. The summed E-state index contributed by atoms with van der Waals surface area (Å²) in [6.07, 6.45) is 4.09. The van der Waals surface area contributed by atoms with E-state index in [1.165, 1.54) is 35.5 Å². The number of nitro benzene ring substituents is 1. The van der Waals surface area contributed by atoms with Gasteiger partial charge >= 0.3 is 0 Å². The van der Waals surface area contributed by atoms with Crippen molar-refractivity contribution in [3.05, 3.63) is 99.9 Å². The smallest absolute Gasteiger partial charge is 0.293 e. The molecule has 7 rings (SSSR count). The van der Waals surface area contributed by atoms with Crippen LogP contribution >= 0.6 is 0 Å². The molecule has 0 unspecified atom stereocenters. The number of H-pyrrole nitrogens is 1. The molecule has 4 heterocycles. The van der Waals surface area contributed by atoms with Gasteiger partial charge in [0.1, 0.15) is 22.8 Å². The van der Waals surface area contributed by atoms with Gasteiger partial charge in [-0.15, -0.1) is 0 Å². The molecule has 3 N–H and O–H groups in total. The zero-order chi connectivity index (χ0) is 43.3. The number of ether oxygens (including phenoxy) is 3. The first-order chi connectivity index (χ1) is 29.1. The van der Waals surface area contributed by atoms with Crippen molar-refractivity contribution < 1.29 is 41.1 Å². The molecule has 0 bridgehead atoms. The van der Waals surface area contributed by atoms with Crippen molar-refractivity contribution in [3.8, 4) is 11.5 Å². The van der Waals surface area contributed by atoms with Crippen molar-refractivity contribution in [1.82, 2.24) is 19.6 Å². The Morgan fingerprint density at radius 1 is 1.11 bits per heavy atom. The number of alkyl halides is 2. The maximum Gasteiger partial charge on any atom is 0.293 e. The summed E-state index contributed by atoms with van der Waals surface area (Å²) in [5.41, 5.74) is 3.55. The number of carbonyl (C=O) groups is 1. The Hall–Kier alpha value is -5.43. The van der Waals surface area contributed by atoms with Gasteiger partial charge in [-0.25, -0.2) is 26.9 Å². The zero-order valence-electron chi connectivity index (χ0n) is 34.3. The summed E-state index contributed by atoms with van der Waals surface area (Å²) >= 11 is 0. The highest BCUT2D eigenvalue weighted by atomic mass is 32.2. The Kier molecular flexibility index (Phi) is 13.4. The number of benzene rings is 2. The summed E-state index contributed by atoms with van der Waals surface area (Å²) in [6.45, 7) is 12.9. The van der Waals surface area contributed by atoms with Crippen molar-refractivity contribution in [3.63, 3.8) is 0 Å². The fourth-order valence-electron chi connectivity index (χ4n) is 7.94. The highest BCUT2D eigenvalue weighted by Gasteiger charge is 2.30. The number of carbonyl (C=O) groups excluding carboxylic acids is 1. The Morgan fingerprint density at radius 3 is 2.66 bits per heavy atom. The molecule has 3 aliphatic rings. The van der Waals surface area contributed by atoms with E-state index in [0.29, 0.717) is 50.7 Å². The maximum atomic E-state index is 13.9. The van der Waals surface area contributed by atoms with Crippen molar-refractivity contribution in [2.24, 2.45) is 5.41 Å². The topological polar surface area (TPSA) is 181 Å². The molecule has 0 spiro atoms. The molecule has 2 fully saturated rings. The number of aromatic amines is 1. The van der Waals surface area contributed by atoms with E-state index in [1.807, 2.05) is 6.07 Å². The number of piperazine rings is 1. The Labute approximate surface area is 353 Å². The van der Waals surface area contributed by atoms with E-state index >= 15 is 0 Å². The number of nitrogens with one attached hydrogen (secondary N) is 3. The molecular formula is C43H51F2N7O8S. The van der Waals surface area contributed by atoms with E-state index in [2.05, 4.69) is 50.2 Å². The molecular weight excluding hydrogens is 813 g/mol. The van der Waals surface area contributed by atoms with Gasteiger partial charge in [-0.05, 0) is 79.5 Å². The number of hydrogen-bond donors (Lipinski definition) is 3. The fraction of sp³-hybridized carbons (Fsp3) is 0.442. The number of halogens is 2. The van der Waals surface area contributed by atoms with Crippen LogP contribution in [-0.4, -0.2) is 106 Å². The highest BCUT2D eigenvalue weighted by molar-refractivity contribution is 7.90. The number of aromatic nitrogens is 2. The van der Waals surface area contributed by atoms with Crippen LogP contribution in [0.1, 0.15) is 56.3 Å². The van der Waals surface area contributed by atoms with E-state index in [4.69, 9.17) is 14.2 Å². The second kappa shape index (κ2) is 18.7. The predicted molar refractivity (Wildman–Crippen MR) is 227 cm³/mol. The third-order valence-corrected chi connectivity index (χ3v) is 12.8. The van der Waals surface area contributed by atoms with Gasteiger partial charge in [0.2, 0.25) is 0 Å². The van der Waals surface area contributed by atoms with Gasteiger partial charge in [-0.1, -0.05) is 31.6 Å². The third kappa shape index (κ3) is 10.9. The second-order valence-electron chi connectivity index (χ2n) is 16.5. The minimum Gasteiger partial charge on any atom is -0.455 e. The van der Waals surface area contributed by atoms with Gasteiger partial charge in [0.15, 0.2) is 0 Å². The van der Waals surface area contributed by atoms with Gasteiger partial charge in [0.25, 0.3) is 28.0 Å². The van der Waals surface area contributed by atoms with Crippen LogP contribution in [0.2, 0.25) is 0 Å². The molecule has 0 radical (unpaired) electrons. The van der Waals surface area contributed by atoms with Crippen LogP contribution < -0.4 is 19.7 Å². The van der Waals surface area contributed by atoms with Crippen LogP contribution in [0.25, 0.3) is 11.0 Å². The van der Waals surface area contributed by atoms with E-state index in [1.54, 1.807) is 24.4 Å². The molecule has 2 aromatic heterocycles. The summed E-state index contributed by atoms with van der Waals surface area (Å²) in [5, 5.41) is 15.7. The van der Waals surface area contributed by atoms with Gasteiger partial charge < -0.3 is 29.4 Å². The van der Waals surface area contributed by atoms with Crippen molar-refractivity contribution >= 4 is 44.0 Å². The van der Waals surface area contributed by atoms with Gasteiger partial charge in [0, 0.05) is 68.7 Å².